The van der Waals surface area contributed by atoms with Crippen molar-refractivity contribution in [1.29, 1.82) is 0 Å². The lowest BCUT2D eigenvalue weighted by Crippen LogP contribution is -2.14. The van der Waals surface area contributed by atoms with Crippen LogP contribution in [0.4, 0.5) is 11.4 Å². The van der Waals surface area contributed by atoms with Gasteiger partial charge in [0.25, 0.3) is 0 Å². The molecule has 0 aliphatic carbocycles. The number of ether oxygens (including phenoxy) is 1. The molecule has 0 unspecified atom stereocenters. The van der Waals surface area contributed by atoms with Gasteiger partial charge in [-0.2, -0.15) is 0 Å². The highest BCUT2D eigenvalue weighted by atomic mass is 35.5. The van der Waals surface area contributed by atoms with Gasteiger partial charge in [-0.05, 0) is 28.5 Å². The maximum atomic E-state index is 11.6. The van der Waals surface area contributed by atoms with Crippen LogP contribution in [0, 0.1) is 10.1 Å². The van der Waals surface area contributed by atoms with E-state index in [4.69, 9.17) is 32.6 Å². The average molecular weight is 457 g/mol. The molecule has 0 aliphatic heterocycles. The van der Waals surface area contributed by atoms with Crippen LogP contribution < -0.4 is 5.32 Å². The summed E-state index contributed by atoms with van der Waals surface area (Å²) in [5, 5.41) is 22.8. The molecular formula is C17H14Cl2N4O5S. The second-order valence-corrected chi connectivity index (χ2v) is 7.51. The van der Waals surface area contributed by atoms with Crippen molar-refractivity contribution in [1.82, 2.24) is 10.3 Å². The number of fused-ring (bicyclic) bond motifs is 1. The number of aromatic nitrogens is 2. The van der Waals surface area contributed by atoms with Crippen LogP contribution in [0.25, 0.3) is 11.0 Å². The summed E-state index contributed by atoms with van der Waals surface area (Å²) in [6, 6.07) is 6.61. The van der Waals surface area contributed by atoms with Gasteiger partial charge in [0, 0.05) is 22.8 Å². The van der Waals surface area contributed by atoms with Crippen LogP contribution in [0.3, 0.4) is 0 Å². The van der Waals surface area contributed by atoms with Crippen LogP contribution in [0.5, 0.6) is 0 Å². The average Bonchev–Trinajstić information content (AvgIpc) is 3.17. The number of esters is 1. The van der Waals surface area contributed by atoms with E-state index in [0.29, 0.717) is 19.8 Å². The Morgan fingerprint density at radius 1 is 1.31 bits per heavy atom. The smallest absolute Gasteiger partial charge is 0.323 e. The predicted molar refractivity (Wildman–Crippen MR) is 109 cm³/mol. The number of carbonyl (C=O) groups excluding carboxylic acids is 1. The van der Waals surface area contributed by atoms with Crippen LogP contribution in [0.2, 0.25) is 10.0 Å². The highest BCUT2D eigenvalue weighted by molar-refractivity contribution is 7.99. The van der Waals surface area contributed by atoms with Gasteiger partial charge in [-0.3, -0.25) is 14.9 Å². The predicted octanol–water partition coefficient (Wildman–Crippen LogP) is 4.95. The van der Waals surface area contributed by atoms with E-state index in [1.165, 1.54) is 17.8 Å². The maximum absolute atomic E-state index is 11.6. The van der Waals surface area contributed by atoms with Gasteiger partial charge in [-0.25, -0.2) is 4.63 Å². The summed E-state index contributed by atoms with van der Waals surface area (Å²) in [6.45, 7) is 1.90. The molecule has 9 nitrogen and oxygen atoms in total. The Labute approximate surface area is 178 Å². The summed E-state index contributed by atoms with van der Waals surface area (Å²) in [6.07, 6.45) is 0.246. The van der Waals surface area contributed by atoms with Crippen molar-refractivity contribution < 1.29 is 19.1 Å². The molecule has 0 radical (unpaired) electrons. The molecule has 12 heteroatoms. The summed E-state index contributed by atoms with van der Waals surface area (Å²) in [5.74, 6) is -0.359. The van der Waals surface area contributed by atoms with Gasteiger partial charge in [0.1, 0.15) is 12.3 Å². The first-order chi connectivity index (χ1) is 13.9. The van der Waals surface area contributed by atoms with Crippen LogP contribution in [-0.4, -0.2) is 34.4 Å². The zero-order valence-corrected chi connectivity index (χ0v) is 17.3. The Hall–Kier alpha value is -2.56. The Bertz CT molecular complexity index is 1060. The number of nitrogens with one attached hydrogen (secondary N) is 1. The molecule has 1 N–H and O–H groups in total. The van der Waals surface area contributed by atoms with Crippen LogP contribution in [0.1, 0.15) is 13.3 Å². The van der Waals surface area contributed by atoms with E-state index in [1.807, 2.05) is 0 Å². The highest BCUT2D eigenvalue weighted by Crippen LogP contribution is 2.44. The lowest BCUT2D eigenvalue weighted by Gasteiger charge is -2.11. The van der Waals surface area contributed by atoms with Gasteiger partial charge in [0.05, 0.1) is 15.0 Å². The second-order valence-electron chi connectivity index (χ2n) is 5.64. The standard InChI is InChI=1S/C17H14Cl2N4O5S/c1-2-13(24)27-7-6-20-11-8-12(29-17-9(18)4-3-5-10(17)19)14-15(22-28-21-14)16(11)23(25)26/h3-5,8,20H,2,6-7H2,1H3. The Balaban J connectivity index is 1.98. The lowest BCUT2D eigenvalue weighted by molar-refractivity contribution is -0.382. The van der Waals surface area contributed by atoms with E-state index in [2.05, 4.69) is 15.6 Å². The van der Waals surface area contributed by atoms with E-state index in [0.717, 1.165) is 0 Å². The minimum absolute atomic E-state index is 0.0174. The molecule has 1 aromatic heterocycles. The number of rotatable bonds is 8. The summed E-state index contributed by atoms with van der Waals surface area (Å²) >= 11 is 13.7. The van der Waals surface area contributed by atoms with Gasteiger partial charge in [0.15, 0.2) is 5.52 Å². The van der Waals surface area contributed by atoms with Crippen molar-refractivity contribution in [2.75, 3.05) is 18.5 Å². The molecule has 0 aliphatic rings. The Kier molecular flexibility index (Phi) is 6.78. The number of anilines is 1. The molecule has 3 rings (SSSR count). The van der Waals surface area contributed by atoms with Gasteiger partial charge in [-0.1, -0.05) is 48.0 Å². The fourth-order valence-corrected chi connectivity index (χ4v) is 4.03. The van der Waals surface area contributed by atoms with Crippen molar-refractivity contribution in [3.05, 3.63) is 44.4 Å². The first kappa shape index (κ1) is 21.2. The number of carbonyl (C=O) groups is 1. The van der Waals surface area contributed by atoms with Crippen molar-refractivity contribution in [3.63, 3.8) is 0 Å². The molecule has 0 fully saturated rings. The monoisotopic (exact) mass is 456 g/mol. The number of hydrogen-bond acceptors (Lipinski definition) is 9. The van der Waals surface area contributed by atoms with Crippen LogP contribution in [0.15, 0.2) is 38.7 Å². The topological polar surface area (TPSA) is 120 Å². The molecule has 152 valence electrons. The van der Waals surface area contributed by atoms with Gasteiger partial charge >= 0.3 is 11.7 Å². The van der Waals surface area contributed by atoms with Gasteiger partial charge in [-0.15, -0.1) is 0 Å². The fraction of sp³-hybridized carbons (Fsp3) is 0.235. The Morgan fingerprint density at radius 3 is 2.66 bits per heavy atom. The molecule has 0 spiro atoms. The van der Waals surface area contributed by atoms with E-state index in [-0.39, 0.29) is 47.9 Å². The third-order valence-electron chi connectivity index (χ3n) is 3.76. The number of halogens is 2. The van der Waals surface area contributed by atoms with E-state index in [1.54, 1.807) is 25.1 Å². The molecule has 0 atom stereocenters. The van der Waals surface area contributed by atoms with Gasteiger partial charge in [0.2, 0.25) is 5.52 Å². The third-order valence-corrected chi connectivity index (χ3v) is 5.79. The number of hydrogen-bond donors (Lipinski definition) is 1. The van der Waals surface area contributed by atoms with Crippen molar-refractivity contribution in [3.8, 4) is 0 Å². The summed E-state index contributed by atoms with van der Waals surface area (Å²) < 4.78 is 9.73. The van der Waals surface area contributed by atoms with Gasteiger partial charge < -0.3 is 10.1 Å². The van der Waals surface area contributed by atoms with E-state index < -0.39 is 4.92 Å². The molecule has 1 heterocycles. The largest absolute Gasteiger partial charge is 0.464 e. The third kappa shape index (κ3) is 4.72. The normalized spacial score (nSPS) is 10.9. The van der Waals surface area contributed by atoms with Crippen molar-refractivity contribution in [2.45, 2.75) is 23.1 Å². The quantitative estimate of drug-likeness (QED) is 0.217. The lowest BCUT2D eigenvalue weighted by atomic mass is 10.2. The number of nitrogens with zero attached hydrogens (tertiary/aromatic N) is 3. The first-order valence-electron chi connectivity index (χ1n) is 8.37. The van der Waals surface area contributed by atoms with Crippen LogP contribution >= 0.6 is 35.0 Å². The number of benzene rings is 2. The summed E-state index contributed by atoms with van der Waals surface area (Å²) in [4.78, 5) is 23.4. The Morgan fingerprint density at radius 2 is 2.00 bits per heavy atom. The molecule has 0 saturated heterocycles. The summed E-state index contributed by atoms with van der Waals surface area (Å²) in [7, 11) is 0. The minimum atomic E-state index is -0.580. The van der Waals surface area contributed by atoms with Crippen molar-refractivity contribution in [2.24, 2.45) is 0 Å². The summed E-state index contributed by atoms with van der Waals surface area (Å²) in [5.41, 5.74) is 0.0750. The molecule has 0 bridgehead atoms. The number of nitro groups is 1. The molecule has 29 heavy (non-hydrogen) atoms. The number of nitro benzene ring substituents is 1. The zero-order valence-electron chi connectivity index (χ0n) is 15.0. The highest BCUT2D eigenvalue weighted by Gasteiger charge is 2.26. The first-order valence-corrected chi connectivity index (χ1v) is 9.94. The molecule has 2 aromatic carbocycles. The SMILES string of the molecule is CCC(=O)OCCNc1cc(Sc2c(Cl)cccc2Cl)c2nonc2c1[N+](=O)[O-]. The molecular weight excluding hydrogens is 443 g/mol. The molecule has 3 aromatic rings. The van der Waals surface area contributed by atoms with E-state index in [9.17, 15) is 14.9 Å². The van der Waals surface area contributed by atoms with Crippen LogP contribution in [-0.2, 0) is 9.53 Å². The molecule has 0 amide bonds. The second kappa shape index (κ2) is 9.29. The van der Waals surface area contributed by atoms with E-state index >= 15 is 0 Å². The zero-order chi connectivity index (χ0) is 21.0. The minimum Gasteiger partial charge on any atom is -0.464 e. The molecule has 0 saturated carbocycles. The maximum Gasteiger partial charge on any atom is 0.323 e. The van der Waals surface area contributed by atoms with Crippen molar-refractivity contribution >= 4 is 63.3 Å². The fourth-order valence-electron chi connectivity index (χ4n) is 2.44.